The molecule has 1 amide bonds. The smallest absolute Gasteiger partial charge is 0.221 e. The first-order chi connectivity index (χ1) is 12.6. The molecule has 0 aliphatic carbocycles. The lowest BCUT2D eigenvalue weighted by Gasteiger charge is -2.18. The van der Waals surface area contributed by atoms with Crippen LogP contribution in [0.5, 0.6) is 5.75 Å². The number of phenolic OH excluding ortho intramolecular Hbond substituents is 1. The lowest BCUT2D eigenvalue weighted by Crippen LogP contribution is -2.25. The zero-order chi connectivity index (χ0) is 18.4. The number of carbonyl (C=O) groups excluding carboxylic acids is 1. The average molecular weight is 367 g/mol. The Hall–Kier alpha value is -2.85. The van der Waals surface area contributed by atoms with Gasteiger partial charge in [-0.2, -0.15) is 0 Å². The number of carbonyl (C=O) groups is 1. The molecule has 1 aromatic heterocycles. The molecule has 26 heavy (non-hydrogen) atoms. The zero-order valence-corrected chi connectivity index (χ0v) is 14.9. The van der Waals surface area contributed by atoms with E-state index in [-0.39, 0.29) is 24.0 Å². The minimum absolute atomic E-state index is 0.0935. The van der Waals surface area contributed by atoms with E-state index in [9.17, 15) is 9.90 Å². The third-order valence-corrected chi connectivity index (χ3v) is 4.34. The van der Waals surface area contributed by atoms with E-state index in [2.05, 4.69) is 10.3 Å². The molecule has 0 aliphatic rings. The van der Waals surface area contributed by atoms with Crippen molar-refractivity contribution in [3.63, 3.8) is 0 Å². The van der Waals surface area contributed by atoms with Crippen LogP contribution < -0.4 is 5.32 Å². The molecule has 1 atom stereocenters. The average Bonchev–Trinajstić information content (AvgIpc) is 2.65. The van der Waals surface area contributed by atoms with Crippen LogP contribution in [0.15, 0.2) is 72.9 Å². The molecule has 0 bridgehead atoms. The summed E-state index contributed by atoms with van der Waals surface area (Å²) in [6, 6.07) is 20.0. The summed E-state index contributed by atoms with van der Waals surface area (Å²) >= 11 is 6.13. The van der Waals surface area contributed by atoms with E-state index in [1.54, 1.807) is 30.5 Å². The van der Waals surface area contributed by atoms with Crippen molar-refractivity contribution >= 4 is 17.5 Å². The molecule has 5 heteroatoms. The monoisotopic (exact) mass is 366 g/mol. The molecular weight excluding hydrogens is 348 g/mol. The molecule has 2 aromatic carbocycles. The molecular formula is C21H19ClN2O2. The van der Waals surface area contributed by atoms with E-state index < -0.39 is 0 Å². The van der Waals surface area contributed by atoms with Crippen molar-refractivity contribution in [2.24, 2.45) is 0 Å². The van der Waals surface area contributed by atoms with E-state index in [1.165, 1.54) is 0 Å². The highest BCUT2D eigenvalue weighted by Crippen LogP contribution is 2.31. The topological polar surface area (TPSA) is 62.2 Å². The van der Waals surface area contributed by atoms with Crippen molar-refractivity contribution < 1.29 is 9.90 Å². The standard InChI is InChI=1S/C21H19ClN2O2/c22-17-7-3-5-15(11-17)20(16-6-4-9-19(25)12-16)13-21(26)24-14-18-8-1-2-10-23-18/h1-12,20,25H,13-14H2,(H,24,26). The normalized spacial score (nSPS) is 11.7. The highest BCUT2D eigenvalue weighted by Gasteiger charge is 2.19. The molecule has 3 rings (SSSR count). The van der Waals surface area contributed by atoms with Crippen molar-refractivity contribution in [2.75, 3.05) is 0 Å². The SMILES string of the molecule is O=C(CC(c1cccc(O)c1)c1cccc(Cl)c1)NCc1ccccn1. The van der Waals surface area contributed by atoms with Gasteiger partial charge in [0.15, 0.2) is 0 Å². The number of aromatic nitrogens is 1. The van der Waals surface area contributed by atoms with Crippen LogP contribution in [0.4, 0.5) is 0 Å². The number of nitrogens with one attached hydrogen (secondary N) is 1. The number of phenols is 1. The summed E-state index contributed by atoms with van der Waals surface area (Å²) in [4.78, 5) is 16.7. The molecule has 0 saturated carbocycles. The van der Waals surface area contributed by atoms with Crippen LogP contribution in [-0.4, -0.2) is 16.0 Å². The predicted molar refractivity (Wildman–Crippen MR) is 102 cm³/mol. The van der Waals surface area contributed by atoms with E-state index in [0.717, 1.165) is 16.8 Å². The molecule has 4 nitrogen and oxygen atoms in total. The third kappa shape index (κ3) is 4.83. The second kappa shape index (κ2) is 8.50. The highest BCUT2D eigenvalue weighted by atomic mass is 35.5. The Morgan fingerprint density at radius 3 is 2.50 bits per heavy atom. The quantitative estimate of drug-likeness (QED) is 0.684. The van der Waals surface area contributed by atoms with Gasteiger partial charge in [0.05, 0.1) is 12.2 Å². The van der Waals surface area contributed by atoms with Gasteiger partial charge in [-0.3, -0.25) is 9.78 Å². The Morgan fingerprint density at radius 2 is 1.81 bits per heavy atom. The first kappa shape index (κ1) is 18.0. The summed E-state index contributed by atoms with van der Waals surface area (Å²) in [5, 5.41) is 13.3. The Bertz CT molecular complexity index is 838. The Balaban J connectivity index is 1.78. The number of nitrogens with zero attached hydrogens (tertiary/aromatic N) is 1. The molecule has 132 valence electrons. The van der Waals surface area contributed by atoms with Gasteiger partial charge in [0.2, 0.25) is 5.91 Å². The van der Waals surface area contributed by atoms with Crippen LogP contribution >= 0.6 is 11.6 Å². The van der Waals surface area contributed by atoms with Crippen LogP contribution in [0.25, 0.3) is 0 Å². The van der Waals surface area contributed by atoms with Crippen molar-refractivity contribution in [1.82, 2.24) is 10.3 Å². The molecule has 0 radical (unpaired) electrons. The van der Waals surface area contributed by atoms with Gasteiger partial charge in [-0.25, -0.2) is 0 Å². The molecule has 0 saturated heterocycles. The number of hydrogen-bond donors (Lipinski definition) is 2. The molecule has 2 N–H and O–H groups in total. The van der Waals surface area contributed by atoms with E-state index in [1.807, 2.05) is 42.5 Å². The minimum Gasteiger partial charge on any atom is -0.508 e. The summed E-state index contributed by atoms with van der Waals surface area (Å²) in [6.45, 7) is 0.377. The van der Waals surface area contributed by atoms with Crippen LogP contribution in [-0.2, 0) is 11.3 Å². The summed E-state index contributed by atoms with van der Waals surface area (Å²) in [7, 11) is 0. The molecule has 1 heterocycles. The fourth-order valence-corrected chi connectivity index (χ4v) is 3.04. The molecule has 3 aromatic rings. The van der Waals surface area contributed by atoms with Gasteiger partial charge in [-0.1, -0.05) is 41.9 Å². The fourth-order valence-electron chi connectivity index (χ4n) is 2.84. The maximum Gasteiger partial charge on any atom is 0.221 e. The Morgan fingerprint density at radius 1 is 1.04 bits per heavy atom. The lowest BCUT2D eigenvalue weighted by atomic mass is 9.88. The van der Waals surface area contributed by atoms with Gasteiger partial charge in [-0.05, 0) is 47.5 Å². The highest BCUT2D eigenvalue weighted by molar-refractivity contribution is 6.30. The molecule has 0 aliphatic heterocycles. The summed E-state index contributed by atoms with van der Waals surface area (Å²) < 4.78 is 0. The van der Waals surface area contributed by atoms with Gasteiger partial charge < -0.3 is 10.4 Å². The van der Waals surface area contributed by atoms with Crippen LogP contribution in [0.3, 0.4) is 0 Å². The maximum atomic E-state index is 12.5. The van der Waals surface area contributed by atoms with Crippen molar-refractivity contribution in [2.45, 2.75) is 18.9 Å². The van der Waals surface area contributed by atoms with E-state index >= 15 is 0 Å². The van der Waals surface area contributed by atoms with Crippen LogP contribution in [0, 0.1) is 0 Å². The fraction of sp³-hybridized carbons (Fsp3) is 0.143. The molecule has 0 fully saturated rings. The lowest BCUT2D eigenvalue weighted by molar-refractivity contribution is -0.121. The summed E-state index contributed by atoms with van der Waals surface area (Å²) in [6.07, 6.45) is 1.94. The van der Waals surface area contributed by atoms with Crippen molar-refractivity contribution in [3.05, 3.63) is 94.8 Å². The van der Waals surface area contributed by atoms with Gasteiger partial charge in [0.25, 0.3) is 0 Å². The second-order valence-corrected chi connectivity index (χ2v) is 6.44. The van der Waals surface area contributed by atoms with Gasteiger partial charge in [0, 0.05) is 23.6 Å². The van der Waals surface area contributed by atoms with E-state index in [0.29, 0.717) is 11.6 Å². The number of amides is 1. The first-order valence-electron chi connectivity index (χ1n) is 8.33. The second-order valence-electron chi connectivity index (χ2n) is 6.00. The molecule has 0 spiro atoms. The maximum absolute atomic E-state index is 12.5. The largest absolute Gasteiger partial charge is 0.508 e. The first-order valence-corrected chi connectivity index (χ1v) is 8.70. The number of benzene rings is 2. The summed E-state index contributed by atoms with van der Waals surface area (Å²) in [5.74, 6) is -0.128. The predicted octanol–water partition coefficient (Wildman–Crippen LogP) is 4.28. The van der Waals surface area contributed by atoms with Crippen LogP contribution in [0.1, 0.15) is 29.2 Å². The van der Waals surface area contributed by atoms with Gasteiger partial charge in [-0.15, -0.1) is 0 Å². The minimum atomic E-state index is -0.204. The third-order valence-electron chi connectivity index (χ3n) is 4.11. The zero-order valence-electron chi connectivity index (χ0n) is 14.1. The van der Waals surface area contributed by atoms with Gasteiger partial charge >= 0.3 is 0 Å². The number of pyridine rings is 1. The van der Waals surface area contributed by atoms with E-state index in [4.69, 9.17) is 11.6 Å². The number of halogens is 1. The van der Waals surface area contributed by atoms with Gasteiger partial charge in [0.1, 0.15) is 5.75 Å². The van der Waals surface area contributed by atoms with Crippen molar-refractivity contribution in [1.29, 1.82) is 0 Å². The number of hydrogen-bond acceptors (Lipinski definition) is 3. The number of aromatic hydroxyl groups is 1. The summed E-state index contributed by atoms with van der Waals surface area (Å²) in [5.41, 5.74) is 2.59. The molecule has 1 unspecified atom stereocenters. The Kier molecular flexibility index (Phi) is 5.87. The Labute approximate surface area is 157 Å². The van der Waals surface area contributed by atoms with Crippen LogP contribution in [0.2, 0.25) is 5.02 Å². The number of rotatable bonds is 6. The van der Waals surface area contributed by atoms with Crippen molar-refractivity contribution in [3.8, 4) is 5.75 Å².